The summed E-state index contributed by atoms with van der Waals surface area (Å²) >= 11 is 5.92. The van der Waals surface area contributed by atoms with Gasteiger partial charge in [-0.15, -0.1) is 0 Å². The molecule has 4 rings (SSSR count). The summed E-state index contributed by atoms with van der Waals surface area (Å²) in [5, 5.41) is 4.72. The number of rotatable bonds is 6. The third kappa shape index (κ3) is 4.87. The van der Waals surface area contributed by atoms with Gasteiger partial charge in [0.1, 0.15) is 0 Å². The van der Waals surface area contributed by atoms with Crippen molar-refractivity contribution in [3.63, 3.8) is 0 Å². The Morgan fingerprint density at radius 3 is 2.43 bits per heavy atom. The average Bonchev–Trinajstić information content (AvgIpc) is 3.23. The van der Waals surface area contributed by atoms with E-state index in [2.05, 4.69) is 15.0 Å². The summed E-state index contributed by atoms with van der Waals surface area (Å²) in [5.74, 6) is 1.17. The van der Waals surface area contributed by atoms with Crippen LogP contribution in [-0.4, -0.2) is 59.1 Å². The van der Waals surface area contributed by atoms with E-state index in [1.165, 1.54) is 0 Å². The lowest BCUT2D eigenvalue weighted by Crippen LogP contribution is -2.48. The van der Waals surface area contributed by atoms with Gasteiger partial charge in [0.25, 0.3) is 5.91 Å². The van der Waals surface area contributed by atoms with Gasteiger partial charge in [-0.3, -0.25) is 9.69 Å². The summed E-state index contributed by atoms with van der Waals surface area (Å²) in [6, 6.07) is 14.9. The Balaban J connectivity index is 1.30. The van der Waals surface area contributed by atoms with E-state index >= 15 is 0 Å². The molecule has 0 aliphatic carbocycles. The van der Waals surface area contributed by atoms with Crippen molar-refractivity contribution in [2.45, 2.75) is 13.2 Å². The molecular weight excluding hydrogens is 404 g/mol. The summed E-state index contributed by atoms with van der Waals surface area (Å²) in [6.45, 7) is 3.95. The van der Waals surface area contributed by atoms with Gasteiger partial charge >= 0.3 is 0 Å². The van der Waals surface area contributed by atoms with E-state index in [-0.39, 0.29) is 5.91 Å². The first-order valence-corrected chi connectivity index (χ1v) is 10.2. The van der Waals surface area contributed by atoms with Gasteiger partial charge in [0, 0.05) is 49.4 Å². The van der Waals surface area contributed by atoms with Crippen molar-refractivity contribution in [1.29, 1.82) is 0 Å². The highest BCUT2D eigenvalue weighted by Crippen LogP contribution is 2.19. The van der Waals surface area contributed by atoms with E-state index in [9.17, 15) is 4.79 Å². The Hall–Kier alpha value is -2.74. The van der Waals surface area contributed by atoms with Crippen molar-refractivity contribution in [3.05, 3.63) is 70.6 Å². The van der Waals surface area contributed by atoms with Gasteiger partial charge in [-0.25, -0.2) is 0 Å². The highest BCUT2D eigenvalue weighted by atomic mass is 35.5. The van der Waals surface area contributed by atoms with E-state index in [1.54, 1.807) is 19.2 Å². The molecule has 0 atom stereocenters. The van der Waals surface area contributed by atoms with Crippen molar-refractivity contribution in [2.24, 2.45) is 0 Å². The van der Waals surface area contributed by atoms with Crippen LogP contribution in [0.2, 0.25) is 5.02 Å². The summed E-state index contributed by atoms with van der Waals surface area (Å²) in [5.41, 5.74) is 2.62. The number of piperazine rings is 1. The number of amides is 1. The van der Waals surface area contributed by atoms with E-state index in [1.807, 2.05) is 41.3 Å². The number of aromatic nitrogens is 2. The maximum absolute atomic E-state index is 12.7. The molecule has 0 bridgehead atoms. The second kappa shape index (κ2) is 9.38. The molecule has 8 heteroatoms. The highest BCUT2D eigenvalue weighted by Gasteiger charge is 2.23. The SMILES string of the molecule is COCc1ccc(C(=O)N2CCN(Cc3nc(-c4ccc(Cl)cc4)no3)CC2)cc1. The van der Waals surface area contributed by atoms with Crippen LogP contribution in [0.4, 0.5) is 0 Å². The predicted molar refractivity (Wildman–Crippen MR) is 113 cm³/mol. The smallest absolute Gasteiger partial charge is 0.253 e. The fourth-order valence-electron chi connectivity index (χ4n) is 3.43. The lowest BCUT2D eigenvalue weighted by atomic mass is 10.1. The highest BCUT2D eigenvalue weighted by molar-refractivity contribution is 6.30. The largest absolute Gasteiger partial charge is 0.380 e. The van der Waals surface area contributed by atoms with Crippen LogP contribution in [0.25, 0.3) is 11.4 Å². The van der Waals surface area contributed by atoms with Crippen LogP contribution in [0.3, 0.4) is 0 Å². The summed E-state index contributed by atoms with van der Waals surface area (Å²) < 4.78 is 10.5. The zero-order valence-corrected chi connectivity index (χ0v) is 17.5. The summed E-state index contributed by atoms with van der Waals surface area (Å²) in [6.07, 6.45) is 0. The predicted octanol–water partition coefficient (Wildman–Crippen LogP) is 3.49. The van der Waals surface area contributed by atoms with Crippen LogP contribution < -0.4 is 0 Å². The molecule has 1 aliphatic heterocycles. The van der Waals surface area contributed by atoms with E-state index in [0.29, 0.717) is 48.5 Å². The van der Waals surface area contributed by atoms with Crippen LogP contribution in [0.1, 0.15) is 21.8 Å². The third-order valence-electron chi connectivity index (χ3n) is 5.10. The molecule has 0 unspecified atom stereocenters. The summed E-state index contributed by atoms with van der Waals surface area (Å²) in [4.78, 5) is 21.3. The monoisotopic (exact) mass is 426 g/mol. The number of carbonyl (C=O) groups is 1. The maximum atomic E-state index is 12.7. The molecule has 0 saturated carbocycles. The first-order valence-electron chi connectivity index (χ1n) is 9.80. The fourth-order valence-corrected chi connectivity index (χ4v) is 3.55. The molecule has 2 heterocycles. The van der Waals surface area contributed by atoms with Gasteiger partial charge in [0.15, 0.2) is 0 Å². The van der Waals surface area contributed by atoms with E-state index in [0.717, 1.165) is 24.2 Å². The van der Waals surface area contributed by atoms with Crippen molar-refractivity contribution in [3.8, 4) is 11.4 Å². The molecule has 1 amide bonds. The second-order valence-corrected chi connectivity index (χ2v) is 7.65. The number of hydrogen-bond acceptors (Lipinski definition) is 6. The zero-order valence-electron chi connectivity index (χ0n) is 16.8. The molecule has 3 aromatic rings. The van der Waals surface area contributed by atoms with Gasteiger partial charge < -0.3 is 14.2 Å². The number of hydrogen-bond donors (Lipinski definition) is 0. The van der Waals surface area contributed by atoms with Crippen LogP contribution in [0.15, 0.2) is 53.1 Å². The molecule has 1 saturated heterocycles. The molecule has 7 nitrogen and oxygen atoms in total. The number of nitrogens with zero attached hydrogens (tertiary/aromatic N) is 4. The quantitative estimate of drug-likeness (QED) is 0.600. The Morgan fingerprint density at radius 2 is 1.77 bits per heavy atom. The van der Waals surface area contributed by atoms with Crippen LogP contribution >= 0.6 is 11.6 Å². The normalized spacial score (nSPS) is 14.8. The maximum Gasteiger partial charge on any atom is 0.253 e. The van der Waals surface area contributed by atoms with Crippen molar-refractivity contribution in [2.75, 3.05) is 33.3 Å². The molecule has 1 aliphatic rings. The first-order chi connectivity index (χ1) is 14.6. The van der Waals surface area contributed by atoms with Gasteiger partial charge in [-0.1, -0.05) is 28.9 Å². The van der Waals surface area contributed by atoms with Crippen molar-refractivity contribution < 1.29 is 14.1 Å². The van der Waals surface area contributed by atoms with Gasteiger partial charge in [-0.05, 0) is 42.0 Å². The number of halogens is 1. The number of benzene rings is 2. The number of ether oxygens (including phenoxy) is 1. The van der Waals surface area contributed by atoms with Crippen LogP contribution in [-0.2, 0) is 17.9 Å². The average molecular weight is 427 g/mol. The topological polar surface area (TPSA) is 71.7 Å². The van der Waals surface area contributed by atoms with Gasteiger partial charge in [0.05, 0.1) is 13.2 Å². The molecule has 2 aromatic carbocycles. The first kappa shape index (κ1) is 20.5. The van der Waals surface area contributed by atoms with Crippen LogP contribution in [0.5, 0.6) is 0 Å². The van der Waals surface area contributed by atoms with E-state index in [4.69, 9.17) is 20.9 Å². The van der Waals surface area contributed by atoms with Gasteiger partial charge in [0.2, 0.25) is 11.7 Å². The Kier molecular flexibility index (Phi) is 6.42. The van der Waals surface area contributed by atoms with Crippen LogP contribution in [0, 0.1) is 0 Å². The third-order valence-corrected chi connectivity index (χ3v) is 5.35. The summed E-state index contributed by atoms with van der Waals surface area (Å²) in [7, 11) is 1.66. The minimum atomic E-state index is 0.0569. The van der Waals surface area contributed by atoms with Crippen molar-refractivity contribution in [1.82, 2.24) is 19.9 Å². The number of carbonyl (C=O) groups excluding carboxylic acids is 1. The Bertz CT molecular complexity index is 980. The second-order valence-electron chi connectivity index (χ2n) is 7.22. The molecule has 156 valence electrons. The molecule has 0 N–H and O–H groups in total. The van der Waals surface area contributed by atoms with Crippen molar-refractivity contribution >= 4 is 17.5 Å². The Morgan fingerprint density at radius 1 is 1.07 bits per heavy atom. The molecule has 1 fully saturated rings. The molecule has 1 aromatic heterocycles. The van der Waals surface area contributed by atoms with E-state index < -0.39 is 0 Å². The lowest BCUT2D eigenvalue weighted by molar-refractivity contribution is 0.0615. The van der Waals surface area contributed by atoms with Gasteiger partial charge in [-0.2, -0.15) is 4.98 Å². The lowest BCUT2D eigenvalue weighted by Gasteiger charge is -2.34. The zero-order chi connectivity index (χ0) is 20.9. The number of methoxy groups -OCH3 is 1. The molecular formula is C22H23ClN4O3. The molecule has 0 radical (unpaired) electrons. The molecule has 30 heavy (non-hydrogen) atoms. The minimum Gasteiger partial charge on any atom is -0.380 e. The Labute approximate surface area is 180 Å². The fraction of sp³-hybridized carbons (Fsp3) is 0.318. The standard InChI is InChI=1S/C22H23ClN4O3/c1-29-15-16-2-4-18(5-3-16)22(28)27-12-10-26(11-13-27)14-20-24-21(25-30-20)17-6-8-19(23)9-7-17/h2-9H,10-15H2,1H3. The minimum absolute atomic E-state index is 0.0569. The molecule has 0 spiro atoms.